The summed E-state index contributed by atoms with van der Waals surface area (Å²) in [7, 11) is 0. The highest BCUT2D eigenvalue weighted by Gasteiger charge is 2.15. The van der Waals surface area contributed by atoms with Crippen molar-refractivity contribution in [1.82, 2.24) is 25.0 Å². The Bertz CT molecular complexity index is 1180. The standard InChI is InChI=1S/C22H20N8/c1-22(2,24)17-5-3-15(4-6-17)20-16(13-23)14-25-21(28-20)27-18-7-9-19(10-8-18)30-12-11-26-29-30/h3-12,14H,24H2,1-2H3,(H,25,27,28). The normalized spacial score (nSPS) is 11.1. The van der Waals surface area contributed by atoms with E-state index in [0.717, 1.165) is 22.5 Å². The van der Waals surface area contributed by atoms with E-state index in [1.807, 2.05) is 62.4 Å². The number of benzene rings is 2. The minimum absolute atomic E-state index is 0.403. The van der Waals surface area contributed by atoms with Crippen LogP contribution in [0.15, 0.2) is 67.1 Å². The summed E-state index contributed by atoms with van der Waals surface area (Å²) in [6.45, 7) is 3.90. The summed E-state index contributed by atoms with van der Waals surface area (Å²) in [5.41, 5.74) is 10.2. The molecule has 4 rings (SSSR count). The summed E-state index contributed by atoms with van der Waals surface area (Å²) in [6, 6.07) is 17.5. The number of rotatable bonds is 5. The highest BCUT2D eigenvalue weighted by Crippen LogP contribution is 2.26. The zero-order valence-electron chi connectivity index (χ0n) is 16.6. The molecule has 8 heteroatoms. The minimum Gasteiger partial charge on any atom is -0.324 e. The van der Waals surface area contributed by atoms with Gasteiger partial charge in [0.05, 0.1) is 35.5 Å². The molecule has 2 aromatic carbocycles. The molecule has 0 radical (unpaired) electrons. The predicted octanol–water partition coefficient (Wildman–Crippen LogP) is 3.53. The van der Waals surface area contributed by atoms with Gasteiger partial charge in [-0.05, 0) is 43.7 Å². The first kappa shape index (κ1) is 19.2. The molecule has 30 heavy (non-hydrogen) atoms. The number of aromatic nitrogens is 5. The molecule has 2 aromatic heterocycles. The van der Waals surface area contributed by atoms with Gasteiger partial charge >= 0.3 is 0 Å². The molecule has 3 N–H and O–H groups in total. The molecule has 0 aliphatic heterocycles. The molecule has 8 nitrogen and oxygen atoms in total. The maximum atomic E-state index is 9.48. The predicted molar refractivity (Wildman–Crippen MR) is 114 cm³/mol. The third-order valence-electron chi connectivity index (χ3n) is 4.62. The fourth-order valence-corrected chi connectivity index (χ4v) is 2.97. The Morgan fingerprint density at radius 2 is 1.80 bits per heavy atom. The fraction of sp³-hybridized carbons (Fsp3) is 0.136. The van der Waals surface area contributed by atoms with Crippen molar-refractivity contribution in [2.75, 3.05) is 5.32 Å². The Labute approximate surface area is 174 Å². The van der Waals surface area contributed by atoms with Crippen LogP contribution in [-0.4, -0.2) is 25.0 Å². The third-order valence-corrected chi connectivity index (χ3v) is 4.62. The van der Waals surface area contributed by atoms with Crippen molar-refractivity contribution in [1.29, 1.82) is 5.26 Å². The quantitative estimate of drug-likeness (QED) is 0.530. The number of hydrogen-bond acceptors (Lipinski definition) is 7. The molecule has 0 saturated heterocycles. The van der Waals surface area contributed by atoms with Gasteiger partial charge in [-0.3, -0.25) is 0 Å². The lowest BCUT2D eigenvalue weighted by atomic mass is 9.94. The fourth-order valence-electron chi connectivity index (χ4n) is 2.97. The molecular weight excluding hydrogens is 376 g/mol. The zero-order valence-corrected chi connectivity index (χ0v) is 16.6. The molecule has 0 unspecified atom stereocenters. The van der Waals surface area contributed by atoms with Crippen LogP contribution < -0.4 is 11.1 Å². The average molecular weight is 396 g/mol. The summed E-state index contributed by atoms with van der Waals surface area (Å²) in [5.74, 6) is 0.403. The summed E-state index contributed by atoms with van der Waals surface area (Å²) < 4.78 is 1.67. The summed E-state index contributed by atoms with van der Waals surface area (Å²) in [6.07, 6.45) is 4.92. The average Bonchev–Trinajstić information content (AvgIpc) is 3.29. The Kier molecular flexibility index (Phi) is 4.96. The molecule has 2 heterocycles. The van der Waals surface area contributed by atoms with Gasteiger partial charge in [0.2, 0.25) is 5.95 Å². The van der Waals surface area contributed by atoms with Crippen LogP contribution in [0.1, 0.15) is 25.0 Å². The number of hydrogen-bond donors (Lipinski definition) is 2. The number of nitrogens with two attached hydrogens (primary N) is 1. The molecule has 0 bridgehead atoms. The van der Waals surface area contributed by atoms with Gasteiger partial charge < -0.3 is 11.1 Å². The molecular formula is C22H20N8. The molecule has 0 fully saturated rings. The van der Waals surface area contributed by atoms with Gasteiger partial charge in [-0.25, -0.2) is 14.6 Å². The zero-order chi connectivity index (χ0) is 21.1. The number of nitriles is 1. The molecule has 148 valence electrons. The van der Waals surface area contributed by atoms with Gasteiger partial charge in [-0.15, -0.1) is 5.10 Å². The number of nitrogens with zero attached hydrogens (tertiary/aromatic N) is 6. The largest absolute Gasteiger partial charge is 0.324 e. The second-order valence-corrected chi connectivity index (χ2v) is 7.39. The van der Waals surface area contributed by atoms with E-state index in [9.17, 15) is 5.26 Å². The topological polar surface area (TPSA) is 118 Å². The third kappa shape index (κ3) is 4.01. The lowest BCUT2D eigenvalue weighted by molar-refractivity contribution is 0.554. The Morgan fingerprint density at radius 1 is 1.07 bits per heavy atom. The summed E-state index contributed by atoms with van der Waals surface area (Å²) in [4.78, 5) is 8.84. The van der Waals surface area contributed by atoms with Crippen molar-refractivity contribution in [2.24, 2.45) is 5.73 Å². The van der Waals surface area contributed by atoms with Gasteiger partial charge in [-0.1, -0.05) is 29.5 Å². The van der Waals surface area contributed by atoms with E-state index in [1.54, 1.807) is 17.1 Å². The van der Waals surface area contributed by atoms with E-state index in [0.29, 0.717) is 17.2 Å². The van der Waals surface area contributed by atoms with Crippen LogP contribution in [0.25, 0.3) is 16.9 Å². The highest BCUT2D eigenvalue weighted by molar-refractivity contribution is 5.68. The van der Waals surface area contributed by atoms with Crippen LogP contribution >= 0.6 is 0 Å². The van der Waals surface area contributed by atoms with E-state index in [4.69, 9.17) is 5.73 Å². The lowest BCUT2D eigenvalue weighted by Crippen LogP contribution is -2.28. The van der Waals surface area contributed by atoms with Crippen LogP contribution in [0, 0.1) is 11.3 Å². The first-order valence-corrected chi connectivity index (χ1v) is 9.35. The van der Waals surface area contributed by atoms with Crippen LogP contribution in [0.2, 0.25) is 0 Å². The Hall–Kier alpha value is -4.09. The van der Waals surface area contributed by atoms with E-state index < -0.39 is 5.54 Å². The second-order valence-electron chi connectivity index (χ2n) is 7.39. The van der Waals surface area contributed by atoms with E-state index in [-0.39, 0.29) is 0 Å². The maximum absolute atomic E-state index is 9.48. The van der Waals surface area contributed by atoms with Crippen molar-refractivity contribution >= 4 is 11.6 Å². The molecule has 0 spiro atoms. The van der Waals surface area contributed by atoms with Gasteiger partial charge in [0, 0.05) is 16.8 Å². The molecule has 0 atom stereocenters. The van der Waals surface area contributed by atoms with Gasteiger partial charge in [0.15, 0.2) is 0 Å². The maximum Gasteiger partial charge on any atom is 0.227 e. The van der Waals surface area contributed by atoms with Gasteiger partial charge in [-0.2, -0.15) is 5.26 Å². The molecule has 0 amide bonds. The Balaban J connectivity index is 1.61. The van der Waals surface area contributed by atoms with Gasteiger partial charge in [0.1, 0.15) is 6.07 Å². The van der Waals surface area contributed by atoms with Crippen molar-refractivity contribution < 1.29 is 0 Å². The van der Waals surface area contributed by atoms with Crippen molar-refractivity contribution in [3.63, 3.8) is 0 Å². The van der Waals surface area contributed by atoms with Crippen molar-refractivity contribution in [3.05, 3.63) is 78.2 Å². The lowest BCUT2D eigenvalue weighted by Gasteiger charge is -2.19. The molecule has 4 aromatic rings. The molecule has 0 saturated carbocycles. The van der Waals surface area contributed by atoms with Crippen molar-refractivity contribution in [2.45, 2.75) is 19.4 Å². The van der Waals surface area contributed by atoms with Crippen LogP contribution in [0.4, 0.5) is 11.6 Å². The monoisotopic (exact) mass is 396 g/mol. The SMILES string of the molecule is CC(C)(N)c1ccc(-c2nc(Nc3ccc(-n4ccnn4)cc3)ncc2C#N)cc1. The molecule has 0 aliphatic rings. The number of nitrogens with one attached hydrogen (secondary N) is 1. The highest BCUT2D eigenvalue weighted by atomic mass is 15.4. The van der Waals surface area contributed by atoms with E-state index in [2.05, 4.69) is 31.7 Å². The minimum atomic E-state index is -0.437. The van der Waals surface area contributed by atoms with E-state index in [1.165, 1.54) is 6.20 Å². The Morgan fingerprint density at radius 3 is 2.40 bits per heavy atom. The van der Waals surface area contributed by atoms with Crippen LogP contribution in [0.5, 0.6) is 0 Å². The first-order chi connectivity index (χ1) is 14.4. The van der Waals surface area contributed by atoms with E-state index >= 15 is 0 Å². The molecule has 0 aliphatic carbocycles. The van der Waals surface area contributed by atoms with Crippen LogP contribution in [0.3, 0.4) is 0 Å². The summed E-state index contributed by atoms with van der Waals surface area (Å²) in [5, 5.41) is 20.4. The van der Waals surface area contributed by atoms with Gasteiger partial charge in [0.25, 0.3) is 0 Å². The second kappa shape index (κ2) is 7.73. The van der Waals surface area contributed by atoms with Crippen molar-refractivity contribution in [3.8, 4) is 23.0 Å². The summed E-state index contributed by atoms with van der Waals surface area (Å²) >= 11 is 0. The number of anilines is 2. The smallest absolute Gasteiger partial charge is 0.227 e. The first-order valence-electron chi connectivity index (χ1n) is 9.35. The van der Waals surface area contributed by atoms with Crippen LogP contribution in [-0.2, 0) is 5.54 Å².